The van der Waals surface area contributed by atoms with Gasteiger partial charge in [-0.1, -0.05) is 26.2 Å². The first-order valence-electron chi connectivity index (χ1n) is 8.11. The van der Waals surface area contributed by atoms with E-state index in [4.69, 9.17) is 0 Å². The average molecular weight is 303 g/mol. The van der Waals surface area contributed by atoms with Crippen LogP contribution in [0, 0.1) is 11.8 Å². The normalized spacial score (nSPS) is 24.5. The number of rotatable bonds is 4. The maximum absolute atomic E-state index is 12.2. The summed E-state index contributed by atoms with van der Waals surface area (Å²) < 4.78 is 0. The van der Waals surface area contributed by atoms with Crippen LogP contribution in [-0.2, 0) is 4.79 Å². The second-order valence-corrected chi connectivity index (χ2v) is 6.94. The topological polar surface area (TPSA) is 41.1 Å². The van der Waals surface area contributed by atoms with Crippen molar-refractivity contribution in [3.8, 4) is 0 Å². The zero-order valence-corrected chi connectivity index (χ0v) is 13.9. The van der Waals surface area contributed by atoms with Gasteiger partial charge in [-0.15, -0.1) is 12.4 Å². The van der Waals surface area contributed by atoms with Crippen LogP contribution in [0.3, 0.4) is 0 Å². The van der Waals surface area contributed by atoms with Crippen molar-refractivity contribution in [3.05, 3.63) is 0 Å². The minimum atomic E-state index is 0. The van der Waals surface area contributed by atoms with Crippen LogP contribution in [0.15, 0.2) is 0 Å². The highest BCUT2D eigenvalue weighted by molar-refractivity contribution is 5.85. The summed E-state index contributed by atoms with van der Waals surface area (Å²) in [5.74, 6) is 1.52. The van der Waals surface area contributed by atoms with Crippen molar-refractivity contribution in [2.45, 2.75) is 70.8 Å². The van der Waals surface area contributed by atoms with Gasteiger partial charge in [0.1, 0.15) is 0 Å². The Hall–Kier alpha value is -0.280. The summed E-state index contributed by atoms with van der Waals surface area (Å²) >= 11 is 0. The van der Waals surface area contributed by atoms with Crippen LogP contribution in [0.4, 0.5) is 0 Å². The van der Waals surface area contributed by atoms with Gasteiger partial charge in [-0.3, -0.25) is 4.79 Å². The van der Waals surface area contributed by atoms with E-state index in [1.54, 1.807) is 0 Å². The molecule has 0 aromatic carbocycles. The van der Waals surface area contributed by atoms with Crippen molar-refractivity contribution in [1.29, 1.82) is 0 Å². The van der Waals surface area contributed by atoms with Crippen molar-refractivity contribution in [1.82, 2.24) is 10.6 Å². The molecule has 1 heterocycles. The fourth-order valence-corrected chi connectivity index (χ4v) is 3.72. The van der Waals surface area contributed by atoms with Crippen LogP contribution in [0.1, 0.15) is 65.2 Å². The van der Waals surface area contributed by atoms with Crippen LogP contribution in [0.2, 0.25) is 0 Å². The van der Waals surface area contributed by atoms with Gasteiger partial charge in [-0.05, 0) is 57.5 Å². The number of carbonyl (C=O) groups excluding carboxylic acids is 1. The molecular weight excluding hydrogens is 272 g/mol. The molecule has 0 radical (unpaired) electrons. The van der Waals surface area contributed by atoms with E-state index in [1.807, 2.05) is 0 Å². The van der Waals surface area contributed by atoms with Crippen LogP contribution in [0.25, 0.3) is 0 Å². The number of halogens is 1. The monoisotopic (exact) mass is 302 g/mol. The lowest BCUT2D eigenvalue weighted by molar-refractivity contribution is -0.124. The number of carbonyl (C=O) groups is 1. The zero-order valence-electron chi connectivity index (χ0n) is 13.0. The lowest BCUT2D eigenvalue weighted by Crippen LogP contribution is -2.47. The molecule has 2 aliphatic rings. The molecule has 0 bridgehead atoms. The highest BCUT2D eigenvalue weighted by Gasteiger charge is 2.29. The molecule has 1 amide bonds. The molecule has 0 aromatic rings. The predicted octanol–water partition coefficient (Wildman–Crippen LogP) is 3.27. The molecule has 1 saturated heterocycles. The molecule has 1 atom stereocenters. The quantitative estimate of drug-likeness (QED) is 0.837. The Bertz CT molecular complexity index is 297. The smallest absolute Gasteiger partial charge is 0.220 e. The molecule has 1 aliphatic carbocycles. The number of piperidine rings is 1. The molecule has 0 aromatic heterocycles. The zero-order chi connectivity index (χ0) is 13.7. The van der Waals surface area contributed by atoms with Gasteiger partial charge in [0.25, 0.3) is 0 Å². The maximum Gasteiger partial charge on any atom is 0.220 e. The van der Waals surface area contributed by atoms with E-state index in [2.05, 4.69) is 24.5 Å². The van der Waals surface area contributed by atoms with Crippen LogP contribution < -0.4 is 10.6 Å². The highest BCUT2D eigenvalue weighted by atomic mass is 35.5. The number of hydrogen-bond acceptors (Lipinski definition) is 2. The van der Waals surface area contributed by atoms with Gasteiger partial charge in [0, 0.05) is 12.0 Å². The van der Waals surface area contributed by atoms with Gasteiger partial charge in [0.05, 0.1) is 0 Å². The summed E-state index contributed by atoms with van der Waals surface area (Å²) in [6.07, 6.45) is 9.33. The summed E-state index contributed by atoms with van der Waals surface area (Å²) in [7, 11) is 0. The molecule has 1 saturated carbocycles. The summed E-state index contributed by atoms with van der Waals surface area (Å²) in [5, 5.41) is 6.70. The molecule has 3 nitrogen and oxygen atoms in total. The van der Waals surface area contributed by atoms with Gasteiger partial charge < -0.3 is 10.6 Å². The molecule has 20 heavy (non-hydrogen) atoms. The highest BCUT2D eigenvalue weighted by Crippen LogP contribution is 2.29. The lowest BCUT2D eigenvalue weighted by atomic mass is 9.81. The molecule has 118 valence electrons. The van der Waals surface area contributed by atoms with Crippen molar-refractivity contribution in [2.24, 2.45) is 11.8 Å². The van der Waals surface area contributed by atoms with Crippen LogP contribution >= 0.6 is 12.4 Å². The summed E-state index contributed by atoms with van der Waals surface area (Å²) in [6, 6.07) is 0. The fraction of sp³-hybridized carbons (Fsp3) is 0.938. The molecule has 1 unspecified atom stereocenters. The Morgan fingerprint density at radius 1 is 1.25 bits per heavy atom. The van der Waals surface area contributed by atoms with E-state index in [0.29, 0.717) is 12.3 Å². The Morgan fingerprint density at radius 3 is 2.45 bits per heavy atom. The van der Waals surface area contributed by atoms with E-state index in [1.165, 1.54) is 32.1 Å². The molecule has 4 heteroatoms. The lowest BCUT2D eigenvalue weighted by Gasteiger charge is -2.35. The Labute approximate surface area is 130 Å². The average Bonchev–Trinajstić information content (AvgIpc) is 2.39. The van der Waals surface area contributed by atoms with E-state index in [-0.39, 0.29) is 23.9 Å². The third-order valence-electron chi connectivity index (χ3n) is 5.09. The van der Waals surface area contributed by atoms with Crippen LogP contribution in [0.5, 0.6) is 0 Å². The fourth-order valence-electron chi connectivity index (χ4n) is 3.72. The van der Waals surface area contributed by atoms with E-state index < -0.39 is 0 Å². The Kier molecular flexibility index (Phi) is 7.32. The molecule has 1 aliphatic heterocycles. The van der Waals surface area contributed by atoms with Crippen LogP contribution in [-0.4, -0.2) is 24.5 Å². The van der Waals surface area contributed by atoms with Gasteiger partial charge in [0.2, 0.25) is 5.91 Å². The van der Waals surface area contributed by atoms with Crippen molar-refractivity contribution in [3.63, 3.8) is 0 Å². The minimum absolute atomic E-state index is 0. The van der Waals surface area contributed by atoms with Gasteiger partial charge in [-0.2, -0.15) is 0 Å². The first-order chi connectivity index (χ1) is 9.09. The number of nitrogens with one attached hydrogen (secondary N) is 2. The standard InChI is InChI=1S/C16H30N2O.ClH/c1-13(14-6-10-17-11-7-14)12-15(19)18-16(2)8-4-3-5-9-16;/h13-14,17H,3-12H2,1-2H3,(H,18,19);1H. The summed E-state index contributed by atoms with van der Waals surface area (Å²) in [4.78, 5) is 12.2. The SMILES string of the molecule is CC(CC(=O)NC1(C)CCCCC1)C1CCNCC1.Cl. The van der Waals surface area contributed by atoms with E-state index >= 15 is 0 Å². The van der Waals surface area contributed by atoms with Gasteiger partial charge in [0.15, 0.2) is 0 Å². The number of hydrogen-bond donors (Lipinski definition) is 2. The Morgan fingerprint density at radius 2 is 1.85 bits per heavy atom. The summed E-state index contributed by atoms with van der Waals surface area (Å²) in [5.41, 5.74) is 0.0726. The third-order valence-corrected chi connectivity index (χ3v) is 5.09. The third kappa shape index (κ3) is 5.25. The van der Waals surface area contributed by atoms with Crippen molar-refractivity contribution in [2.75, 3.05) is 13.1 Å². The van der Waals surface area contributed by atoms with E-state index in [0.717, 1.165) is 31.8 Å². The summed E-state index contributed by atoms with van der Waals surface area (Å²) in [6.45, 7) is 6.71. The minimum Gasteiger partial charge on any atom is -0.351 e. The second-order valence-electron chi connectivity index (χ2n) is 6.94. The Balaban J connectivity index is 0.00000200. The first kappa shape index (κ1) is 17.8. The second kappa shape index (κ2) is 8.23. The first-order valence-corrected chi connectivity index (χ1v) is 8.11. The van der Waals surface area contributed by atoms with Crippen molar-refractivity contribution < 1.29 is 4.79 Å². The van der Waals surface area contributed by atoms with Gasteiger partial charge in [-0.25, -0.2) is 0 Å². The largest absolute Gasteiger partial charge is 0.351 e. The molecule has 2 fully saturated rings. The number of amides is 1. The predicted molar refractivity (Wildman–Crippen MR) is 86.3 cm³/mol. The maximum atomic E-state index is 12.2. The molecule has 0 spiro atoms. The molecule has 2 rings (SSSR count). The van der Waals surface area contributed by atoms with Gasteiger partial charge >= 0.3 is 0 Å². The van der Waals surface area contributed by atoms with E-state index in [9.17, 15) is 4.79 Å². The molecule has 2 N–H and O–H groups in total. The molecular formula is C16H31ClN2O. The van der Waals surface area contributed by atoms with Crippen molar-refractivity contribution >= 4 is 18.3 Å².